The molecule has 2 saturated heterocycles. The van der Waals surface area contributed by atoms with Crippen molar-refractivity contribution < 1.29 is 13.9 Å². The van der Waals surface area contributed by atoms with Gasteiger partial charge in [0.2, 0.25) is 0 Å². The van der Waals surface area contributed by atoms with Gasteiger partial charge in [-0.2, -0.15) is 5.10 Å². The number of ether oxygens (including phenoxy) is 1. The van der Waals surface area contributed by atoms with Gasteiger partial charge in [-0.25, -0.2) is 9.37 Å². The third-order valence-electron chi connectivity index (χ3n) is 6.54. The molecule has 3 heterocycles. The van der Waals surface area contributed by atoms with Crippen LogP contribution in [0, 0.1) is 23.1 Å². The van der Waals surface area contributed by atoms with E-state index in [1.807, 2.05) is 38.1 Å². The average Bonchev–Trinajstić information content (AvgIpc) is 3.49. The Morgan fingerprint density at radius 2 is 1.89 bits per heavy atom. The second-order valence-electron chi connectivity index (χ2n) is 8.58. The predicted molar refractivity (Wildman–Crippen MR) is 142 cm³/mol. The summed E-state index contributed by atoms with van der Waals surface area (Å²) in [7, 11) is 1.65. The van der Waals surface area contributed by atoms with Crippen LogP contribution in [-0.2, 0) is 0 Å². The zero-order chi connectivity index (χ0) is 25.7. The first-order valence-corrected chi connectivity index (χ1v) is 12.1. The number of hydrazone groups is 1. The second-order valence-corrected chi connectivity index (χ2v) is 8.58. The van der Waals surface area contributed by atoms with E-state index in [1.54, 1.807) is 18.1 Å². The van der Waals surface area contributed by atoms with E-state index in [-0.39, 0.29) is 11.5 Å². The zero-order valence-electron chi connectivity index (χ0n) is 20.7. The van der Waals surface area contributed by atoms with Crippen molar-refractivity contribution in [2.24, 2.45) is 16.9 Å². The predicted octanol–water partition coefficient (Wildman–Crippen LogP) is 4.66. The Kier molecular flexibility index (Phi) is 7.77. The van der Waals surface area contributed by atoms with E-state index in [0.717, 1.165) is 41.8 Å². The van der Waals surface area contributed by atoms with Crippen molar-refractivity contribution in [1.29, 1.82) is 5.41 Å². The first-order valence-electron chi connectivity index (χ1n) is 12.1. The summed E-state index contributed by atoms with van der Waals surface area (Å²) in [5.41, 5.74) is 3.85. The van der Waals surface area contributed by atoms with Gasteiger partial charge in [0, 0.05) is 49.6 Å². The molecule has 188 valence electrons. The van der Waals surface area contributed by atoms with Crippen LogP contribution in [0.1, 0.15) is 24.2 Å². The Labute approximate surface area is 210 Å². The quantitative estimate of drug-likeness (QED) is 0.387. The molecule has 2 aliphatic heterocycles. The molecule has 9 heteroatoms. The van der Waals surface area contributed by atoms with Crippen LogP contribution in [0.4, 0.5) is 15.9 Å². The molecule has 5 rings (SSSR count). The van der Waals surface area contributed by atoms with Crippen molar-refractivity contribution in [3.63, 3.8) is 0 Å². The minimum atomic E-state index is -0.587. The molecule has 36 heavy (non-hydrogen) atoms. The maximum atomic E-state index is 14.6. The maximum absolute atomic E-state index is 14.6. The highest BCUT2D eigenvalue weighted by molar-refractivity contribution is 6.14. The Hall–Kier alpha value is -4.01. The number of fused-ring (bicyclic) bond motifs is 2. The molecule has 0 spiro atoms. The second kappa shape index (κ2) is 11.2. The topological polar surface area (TPSA) is 93.9 Å². The third kappa shape index (κ3) is 5.00. The van der Waals surface area contributed by atoms with Crippen molar-refractivity contribution in [3.8, 4) is 5.75 Å². The van der Waals surface area contributed by atoms with Crippen LogP contribution < -0.4 is 15.1 Å². The molecule has 2 unspecified atom stereocenters. The smallest absolute Gasteiger partial charge is 0.259 e. The van der Waals surface area contributed by atoms with Gasteiger partial charge in [0.15, 0.2) is 0 Å². The molecule has 1 aromatic heterocycles. The molecule has 0 saturated carbocycles. The van der Waals surface area contributed by atoms with E-state index in [4.69, 9.17) is 15.1 Å². The lowest BCUT2D eigenvalue weighted by molar-refractivity contribution is 0.0779. The van der Waals surface area contributed by atoms with Crippen LogP contribution in [0.25, 0.3) is 10.9 Å². The SMILES string of the molecule is CC.COc1ccc2nc(N3CC4CN(C(=O)c5c(F)cccc5N/N=C\C=N)CC4C3)ccc2c1. The van der Waals surface area contributed by atoms with E-state index in [2.05, 4.69) is 21.5 Å². The zero-order valence-corrected chi connectivity index (χ0v) is 20.7. The molecule has 3 aromatic rings. The number of halogens is 1. The number of anilines is 2. The molecule has 2 aromatic carbocycles. The van der Waals surface area contributed by atoms with Crippen LogP contribution in [-0.4, -0.2) is 61.5 Å². The molecule has 1 amide bonds. The van der Waals surface area contributed by atoms with Crippen LogP contribution in [0.2, 0.25) is 0 Å². The van der Waals surface area contributed by atoms with E-state index in [1.165, 1.54) is 18.3 Å². The summed E-state index contributed by atoms with van der Waals surface area (Å²) in [6.07, 6.45) is 2.23. The van der Waals surface area contributed by atoms with E-state index < -0.39 is 5.82 Å². The number of carbonyl (C=O) groups excluding carboxylic acids is 1. The number of pyridine rings is 1. The van der Waals surface area contributed by atoms with Crippen LogP contribution in [0.15, 0.2) is 53.6 Å². The number of likely N-dealkylation sites (tertiary alicyclic amines) is 1. The van der Waals surface area contributed by atoms with Gasteiger partial charge >= 0.3 is 0 Å². The summed E-state index contributed by atoms with van der Waals surface area (Å²) in [6.45, 7) is 6.74. The summed E-state index contributed by atoms with van der Waals surface area (Å²) in [5, 5.41) is 11.9. The van der Waals surface area contributed by atoms with Crippen LogP contribution in [0.5, 0.6) is 5.75 Å². The fraction of sp³-hybridized carbons (Fsp3) is 0.333. The molecule has 2 N–H and O–H groups in total. The van der Waals surface area contributed by atoms with Gasteiger partial charge in [-0.05, 0) is 42.5 Å². The first-order chi connectivity index (χ1) is 17.6. The highest BCUT2D eigenvalue weighted by Gasteiger charge is 2.42. The average molecular weight is 491 g/mol. The lowest BCUT2D eigenvalue weighted by Gasteiger charge is -2.23. The van der Waals surface area contributed by atoms with Gasteiger partial charge in [-0.3, -0.25) is 10.2 Å². The number of nitrogens with one attached hydrogen (secondary N) is 2. The van der Waals surface area contributed by atoms with Gasteiger partial charge in [0.05, 0.1) is 24.5 Å². The Morgan fingerprint density at radius 3 is 2.58 bits per heavy atom. The summed E-state index contributed by atoms with van der Waals surface area (Å²) in [5.74, 6) is 1.40. The maximum Gasteiger partial charge on any atom is 0.259 e. The lowest BCUT2D eigenvalue weighted by Crippen LogP contribution is -2.34. The molecular weight excluding hydrogens is 459 g/mol. The van der Waals surface area contributed by atoms with Gasteiger partial charge in [0.25, 0.3) is 5.91 Å². The highest BCUT2D eigenvalue weighted by atomic mass is 19.1. The molecule has 8 nitrogen and oxygen atoms in total. The third-order valence-corrected chi connectivity index (χ3v) is 6.54. The number of methoxy groups -OCH3 is 1. The Morgan fingerprint density at radius 1 is 1.14 bits per heavy atom. The number of amides is 1. The van der Waals surface area contributed by atoms with Crippen LogP contribution in [0.3, 0.4) is 0 Å². The lowest BCUT2D eigenvalue weighted by atomic mass is 10.0. The summed E-state index contributed by atoms with van der Waals surface area (Å²) < 4.78 is 19.9. The Bertz CT molecular complexity index is 1270. The summed E-state index contributed by atoms with van der Waals surface area (Å²) in [4.78, 5) is 22.0. The number of hydrogen-bond donors (Lipinski definition) is 2. The molecule has 2 aliphatic rings. The summed E-state index contributed by atoms with van der Waals surface area (Å²) >= 11 is 0. The fourth-order valence-corrected chi connectivity index (χ4v) is 4.88. The fourth-order valence-electron chi connectivity index (χ4n) is 4.88. The van der Waals surface area contributed by atoms with Gasteiger partial charge in [-0.1, -0.05) is 19.9 Å². The van der Waals surface area contributed by atoms with E-state index in [0.29, 0.717) is 30.6 Å². The van der Waals surface area contributed by atoms with Gasteiger partial charge < -0.3 is 19.9 Å². The van der Waals surface area contributed by atoms with E-state index in [9.17, 15) is 9.18 Å². The number of rotatable bonds is 6. The highest BCUT2D eigenvalue weighted by Crippen LogP contribution is 2.35. The van der Waals surface area contributed by atoms with Crippen molar-refractivity contribution in [2.45, 2.75) is 13.8 Å². The summed E-state index contributed by atoms with van der Waals surface area (Å²) in [6, 6.07) is 14.3. The van der Waals surface area contributed by atoms with Crippen molar-refractivity contribution in [1.82, 2.24) is 9.88 Å². The molecule has 0 aliphatic carbocycles. The first kappa shape index (κ1) is 25.1. The number of aromatic nitrogens is 1. The van der Waals surface area contributed by atoms with Gasteiger partial charge in [-0.15, -0.1) is 0 Å². The normalized spacial score (nSPS) is 18.7. The van der Waals surface area contributed by atoms with Crippen molar-refractivity contribution >= 4 is 40.7 Å². The van der Waals surface area contributed by atoms with Crippen LogP contribution >= 0.6 is 0 Å². The number of hydrogen-bond acceptors (Lipinski definition) is 7. The number of benzene rings is 2. The van der Waals surface area contributed by atoms with E-state index >= 15 is 0 Å². The minimum Gasteiger partial charge on any atom is -0.497 e. The minimum absolute atomic E-state index is 0.0203. The molecule has 0 bridgehead atoms. The molecule has 2 atom stereocenters. The number of nitrogens with zero attached hydrogens (tertiary/aromatic N) is 4. The Balaban J connectivity index is 0.00000148. The van der Waals surface area contributed by atoms with Gasteiger partial charge in [0.1, 0.15) is 22.9 Å². The monoisotopic (exact) mass is 490 g/mol. The van der Waals surface area contributed by atoms with Crippen molar-refractivity contribution in [2.75, 3.05) is 43.6 Å². The molecular formula is C27H31FN6O2. The largest absolute Gasteiger partial charge is 0.497 e. The number of carbonyl (C=O) groups is 1. The van der Waals surface area contributed by atoms with Crippen molar-refractivity contribution in [3.05, 3.63) is 59.9 Å². The molecule has 0 radical (unpaired) electrons. The molecule has 2 fully saturated rings. The standard InChI is InChI=1S/C25H25FN6O2.C2H6/c1-34-19-6-7-21-16(11-19)5-8-23(29-21)31-12-17-14-32(15-18(17)13-31)25(33)24-20(26)3-2-4-22(24)30-28-10-9-27;1-2/h2-11,17-18,27,30H,12-15H2,1H3;1-2H3/b27-9?,28-10-;.